The number of carbonyl (C=O) groups excluding carboxylic acids is 3. The van der Waals surface area contributed by atoms with Gasteiger partial charge in [0.15, 0.2) is 0 Å². The van der Waals surface area contributed by atoms with Crippen LogP contribution in [0, 0.1) is 6.92 Å². The number of benzene rings is 1. The van der Waals surface area contributed by atoms with E-state index in [4.69, 9.17) is 4.74 Å². The lowest BCUT2D eigenvalue weighted by molar-refractivity contribution is -0.147. The molecule has 6 nitrogen and oxygen atoms in total. The topological polar surface area (TPSA) is 75.7 Å². The highest BCUT2D eigenvalue weighted by molar-refractivity contribution is 7.12. The molecule has 0 saturated carbocycles. The Hall–Kier alpha value is -2.67. The zero-order valence-corrected chi connectivity index (χ0v) is 16.4. The van der Waals surface area contributed by atoms with Gasteiger partial charge in [0, 0.05) is 19.5 Å². The van der Waals surface area contributed by atoms with E-state index in [0.717, 1.165) is 11.1 Å². The van der Waals surface area contributed by atoms with Crippen molar-refractivity contribution in [3.63, 3.8) is 0 Å². The van der Waals surface area contributed by atoms with Crippen LogP contribution in [0.25, 0.3) is 0 Å². The fraction of sp³-hybridized carbons (Fsp3) is 0.350. The van der Waals surface area contributed by atoms with Crippen LogP contribution >= 0.6 is 11.3 Å². The number of nitrogens with one attached hydrogen (secondary N) is 1. The molecule has 0 aliphatic carbocycles. The van der Waals surface area contributed by atoms with Gasteiger partial charge in [0.1, 0.15) is 6.54 Å². The summed E-state index contributed by atoms with van der Waals surface area (Å²) in [6, 6.07) is 11.3. The van der Waals surface area contributed by atoms with Gasteiger partial charge in [0.2, 0.25) is 5.91 Å². The summed E-state index contributed by atoms with van der Waals surface area (Å²) < 4.78 is 4.71. The van der Waals surface area contributed by atoms with Gasteiger partial charge in [-0.3, -0.25) is 14.4 Å². The zero-order valence-electron chi connectivity index (χ0n) is 15.6. The average molecular weight is 388 g/mol. The second kappa shape index (κ2) is 10.5. The Morgan fingerprint density at radius 2 is 1.93 bits per heavy atom. The maximum atomic E-state index is 12.6. The highest BCUT2D eigenvalue weighted by atomic mass is 32.1. The van der Waals surface area contributed by atoms with E-state index >= 15 is 0 Å². The summed E-state index contributed by atoms with van der Waals surface area (Å²) in [5.41, 5.74) is 2.05. The van der Waals surface area contributed by atoms with Gasteiger partial charge in [-0.1, -0.05) is 30.3 Å². The Kier molecular flexibility index (Phi) is 8.00. The first-order valence-electron chi connectivity index (χ1n) is 8.72. The summed E-state index contributed by atoms with van der Waals surface area (Å²) in [4.78, 5) is 38.3. The van der Waals surface area contributed by atoms with E-state index in [1.165, 1.54) is 23.3 Å². The van der Waals surface area contributed by atoms with Crippen molar-refractivity contribution in [3.8, 4) is 0 Å². The van der Waals surface area contributed by atoms with Crippen molar-refractivity contribution in [3.05, 3.63) is 57.8 Å². The van der Waals surface area contributed by atoms with Crippen LogP contribution in [-0.2, 0) is 20.9 Å². The van der Waals surface area contributed by atoms with Crippen molar-refractivity contribution in [1.82, 2.24) is 10.2 Å². The zero-order chi connectivity index (χ0) is 19.6. The first-order chi connectivity index (χ1) is 13.0. The summed E-state index contributed by atoms with van der Waals surface area (Å²) in [5, 5.41) is 4.64. The third kappa shape index (κ3) is 6.53. The van der Waals surface area contributed by atoms with E-state index in [2.05, 4.69) is 5.32 Å². The number of amides is 2. The van der Waals surface area contributed by atoms with Crippen LogP contribution in [0.15, 0.2) is 41.8 Å². The van der Waals surface area contributed by atoms with Gasteiger partial charge >= 0.3 is 5.97 Å². The van der Waals surface area contributed by atoms with Crippen molar-refractivity contribution in [2.24, 2.45) is 0 Å². The van der Waals surface area contributed by atoms with E-state index in [9.17, 15) is 14.4 Å². The van der Waals surface area contributed by atoms with Gasteiger partial charge in [-0.05, 0) is 35.9 Å². The minimum atomic E-state index is -0.456. The third-order valence-electron chi connectivity index (χ3n) is 4.12. The van der Waals surface area contributed by atoms with Gasteiger partial charge in [-0.2, -0.15) is 0 Å². The molecule has 2 aromatic rings. The average Bonchev–Trinajstić information content (AvgIpc) is 3.20. The van der Waals surface area contributed by atoms with Crippen molar-refractivity contribution in [1.29, 1.82) is 0 Å². The largest absolute Gasteiger partial charge is 0.468 e. The van der Waals surface area contributed by atoms with Crippen molar-refractivity contribution in [2.45, 2.75) is 26.3 Å². The number of ether oxygens (including phenoxy) is 1. The number of hydrogen-bond acceptors (Lipinski definition) is 5. The van der Waals surface area contributed by atoms with Gasteiger partial charge in [-0.25, -0.2) is 0 Å². The minimum Gasteiger partial charge on any atom is -0.468 e. The molecule has 0 fully saturated rings. The lowest BCUT2D eigenvalue weighted by atomic mass is 10.1. The molecule has 1 aromatic carbocycles. The first-order valence-corrected chi connectivity index (χ1v) is 9.60. The van der Waals surface area contributed by atoms with E-state index in [-0.39, 0.29) is 24.8 Å². The molecule has 27 heavy (non-hydrogen) atoms. The van der Waals surface area contributed by atoms with Crippen LogP contribution in [0.2, 0.25) is 0 Å². The maximum absolute atomic E-state index is 12.6. The Morgan fingerprint density at radius 3 is 2.59 bits per heavy atom. The fourth-order valence-electron chi connectivity index (χ4n) is 2.54. The molecule has 1 N–H and O–H groups in total. The summed E-state index contributed by atoms with van der Waals surface area (Å²) in [7, 11) is 1.30. The van der Waals surface area contributed by atoms with E-state index < -0.39 is 5.97 Å². The Morgan fingerprint density at radius 1 is 1.15 bits per heavy atom. The number of hydrogen-bond donors (Lipinski definition) is 1. The molecule has 0 atom stereocenters. The van der Waals surface area contributed by atoms with Gasteiger partial charge in [0.05, 0.1) is 12.0 Å². The van der Waals surface area contributed by atoms with Crippen LogP contribution in [0.5, 0.6) is 0 Å². The monoisotopic (exact) mass is 388 g/mol. The van der Waals surface area contributed by atoms with Crippen LogP contribution < -0.4 is 5.32 Å². The quantitative estimate of drug-likeness (QED) is 0.529. The van der Waals surface area contributed by atoms with Crippen molar-refractivity contribution in [2.75, 3.05) is 20.2 Å². The molecular weight excluding hydrogens is 364 g/mol. The highest BCUT2D eigenvalue weighted by Crippen LogP contribution is 2.12. The molecule has 1 heterocycles. The molecule has 2 amide bonds. The first kappa shape index (κ1) is 20.6. The van der Waals surface area contributed by atoms with Crippen LogP contribution in [0.3, 0.4) is 0 Å². The van der Waals surface area contributed by atoms with Crippen LogP contribution in [0.1, 0.15) is 33.6 Å². The molecule has 0 unspecified atom stereocenters. The Balaban J connectivity index is 1.88. The molecule has 0 saturated heterocycles. The minimum absolute atomic E-state index is 0.0920. The smallest absolute Gasteiger partial charge is 0.325 e. The molecule has 0 radical (unpaired) electrons. The number of nitrogens with zero attached hydrogens (tertiary/aromatic N) is 1. The predicted octanol–water partition coefficient (Wildman–Crippen LogP) is 2.77. The molecule has 0 spiro atoms. The van der Waals surface area contributed by atoms with E-state index in [1.54, 1.807) is 6.07 Å². The van der Waals surface area contributed by atoms with E-state index in [0.29, 0.717) is 24.4 Å². The molecule has 144 valence electrons. The number of esters is 1. The fourth-order valence-corrected chi connectivity index (χ4v) is 3.18. The highest BCUT2D eigenvalue weighted by Gasteiger charge is 2.18. The Bertz CT molecular complexity index is 774. The lowest BCUT2D eigenvalue weighted by Crippen LogP contribution is -2.36. The number of methoxy groups -OCH3 is 1. The molecule has 0 bridgehead atoms. The Labute approximate surface area is 163 Å². The molecule has 0 aliphatic heterocycles. The maximum Gasteiger partial charge on any atom is 0.325 e. The normalized spacial score (nSPS) is 10.3. The van der Waals surface area contributed by atoms with Crippen molar-refractivity contribution >= 4 is 29.1 Å². The molecule has 2 rings (SSSR count). The molecule has 0 aliphatic rings. The predicted molar refractivity (Wildman–Crippen MR) is 104 cm³/mol. The number of carbonyl (C=O) groups is 3. The summed E-state index contributed by atoms with van der Waals surface area (Å²) in [5.74, 6) is -0.735. The van der Waals surface area contributed by atoms with Gasteiger partial charge < -0.3 is 15.0 Å². The standard InChI is InChI=1S/C20H24N2O4S/c1-15-7-3-4-8-16(15)13-22(14-19(24)26-2)18(23)10-5-11-21-20(25)17-9-6-12-27-17/h3-4,6-9,12H,5,10-11,13-14H2,1-2H3,(H,21,25). The number of aryl methyl sites for hydroxylation is 1. The number of thiophene rings is 1. The lowest BCUT2D eigenvalue weighted by Gasteiger charge is -2.22. The van der Waals surface area contributed by atoms with Gasteiger partial charge in [0.25, 0.3) is 5.91 Å². The van der Waals surface area contributed by atoms with E-state index in [1.807, 2.05) is 42.6 Å². The third-order valence-corrected chi connectivity index (χ3v) is 4.99. The van der Waals surface area contributed by atoms with Gasteiger partial charge in [-0.15, -0.1) is 11.3 Å². The van der Waals surface area contributed by atoms with Crippen molar-refractivity contribution < 1.29 is 19.1 Å². The molecule has 7 heteroatoms. The molecule has 1 aromatic heterocycles. The second-order valence-electron chi connectivity index (χ2n) is 6.09. The second-order valence-corrected chi connectivity index (χ2v) is 7.04. The summed E-state index contributed by atoms with van der Waals surface area (Å²) in [6.45, 7) is 2.63. The van der Waals surface area contributed by atoms with Crippen LogP contribution in [-0.4, -0.2) is 42.9 Å². The summed E-state index contributed by atoms with van der Waals surface area (Å²) in [6.07, 6.45) is 0.745. The number of rotatable bonds is 9. The SMILES string of the molecule is COC(=O)CN(Cc1ccccc1C)C(=O)CCCNC(=O)c1cccs1. The molecular formula is C20H24N2O4S. The summed E-state index contributed by atoms with van der Waals surface area (Å²) >= 11 is 1.37. The van der Waals surface area contributed by atoms with Crippen LogP contribution in [0.4, 0.5) is 0 Å².